The Balaban J connectivity index is 2.41. The topological polar surface area (TPSA) is 46.2 Å². The summed E-state index contributed by atoms with van der Waals surface area (Å²) in [4.78, 5) is 0. The Morgan fingerprint density at radius 2 is 2.20 bits per heavy atom. The molecule has 6 heteroatoms. The van der Waals surface area contributed by atoms with Gasteiger partial charge < -0.3 is 0 Å². The zero-order chi connectivity index (χ0) is 11.0. The molecule has 0 heterocycles. The van der Waals surface area contributed by atoms with E-state index >= 15 is 0 Å². The van der Waals surface area contributed by atoms with Crippen molar-refractivity contribution in [1.82, 2.24) is 4.72 Å². The summed E-state index contributed by atoms with van der Waals surface area (Å²) >= 11 is 5.70. The molecule has 0 radical (unpaired) electrons. The molecule has 0 saturated carbocycles. The Hall–Kier alpha value is -0.650. The fraction of sp³-hybridized carbons (Fsp3) is 0.333. The fourth-order valence-electron chi connectivity index (χ4n) is 1.94. The van der Waals surface area contributed by atoms with Crippen LogP contribution < -0.4 is 4.72 Å². The first kappa shape index (κ1) is 10.9. The van der Waals surface area contributed by atoms with Crippen LogP contribution in [-0.2, 0) is 17.3 Å². The lowest BCUT2D eigenvalue weighted by atomic mass is 10.1. The number of nitrogens with one attached hydrogen (secondary N) is 1. The van der Waals surface area contributed by atoms with Crippen molar-refractivity contribution in [2.45, 2.75) is 18.9 Å². The normalized spacial score (nSPS) is 19.5. The fourth-order valence-corrected chi connectivity index (χ4v) is 2.68. The summed E-state index contributed by atoms with van der Waals surface area (Å²) in [7, 11) is -2.71. The van der Waals surface area contributed by atoms with Crippen molar-refractivity contribution in [3.63, 3.8) is 0 Å². The molecule has 0 spiro atoms. The highest BCUT2D eigenvalue weighted by molar-refractivity contribution is 7.70. The van der Waals surface area contributed by atoms with E-state index in [4.69, 9.17) is 11.6 Å². The summed E-state index contributed by atoms with van der Waals surface area (Å²) in [6.45, 7) is 0. The molecule has 2 rings (SSSR count). The smallest absolute Gasteiger partial charge is 0.201 e. The summed E-state index contributed by atoms with van der Waals surface area (Å²) in [6.07, 6.45) is 1.23. The third kappa shape index (κ3) is 2.14. The predicted molar refractivity (Wildman–Crippen MR) is 55.9 cm³/mol. The van der Waals surface area contributed by atoms with Crippen LogP contribution in [0.4, 0.5) is 4.39 Å². The largest absolute Gasteiger partial charge is 0.215 e. The maximum Gasteiger partial charge on any atom is 0.201 e. The molecule has 0 aromatic heterocycles. The second-order valence-electron chi connectivity index (χ2n) is 3.44. The van der Waals surface area contributed by atoms with Crippen molar-refractivity contribution in [1.29, 1.82) is 0 Å². The van der Waals surface area contributed by atoms with Gasteiger partial charge in [-0.3, -0.25) is 0 Å². The zero-order valence-electron chi connectivity index (χ0n) is 7.67. The highest BCUT2D eigenvalue weighted by Crippen LogP contribution is 2.35. The first-order valence-electron chi connectivity index (χ1n) is 4.46. The van der Waals surface area contributed by atoms with Gasteiger partial charge in [-0.1, -0.05) is 11.6 Å². The minimum Gasteiger partial charge on any atom is -0.215 e. The van der Waals surface area contributed by atoms with Gasteiger partial charge in [0.2, 0.25) is 10.9 Å². The molecule has 1 aromatic rings. The minimum absolute atomic E-state index is 0.346. The monoisotopic (exact) mass is 249 g/mol. The quantitative estimate of drug-likeness (QED) is 0.782. The third-order valence-corrected chi connectivity index (χ3v) is 3.23. The van der Waals surface area contributed by atoms with Gasteiger partial charge in [-0.25, -0.2) is 17.5 Å². The summed E-state index contributed by atoms with van der Waals surface area (Å²) in [5.41, 5.74) is 1.22. The summed E-state index contributed by atoms with van der Waals surface area (Å²) in [6, 6.07) is 2.44. The van der Waals surface area contributed by atoms with E-state index in [-0.39, 0.29) is 0 Å². The standard InChI is InChI=1S/C9H9ClFNO2S/c10-6-3-5-1-2-8(12-15(13)14)9(5)7(11)4-6/h3-4,8,15H,1-2H2,(H,12,13,14). The van der Waals surface area contributed by atoms with Crippen LogP contribution >= 0.6 is 11.6 Å². The van der Waals surface area contributed by atoms with Crippen molar-refractivity contribution in [3.8, 4) is 0 Å². The maximum absolute atomic E-state index is 13.5. The van der Waals surface area contributed by atoms with Crippen LogP contribution in [0.25, 0.3) is 0 Å². The van der Waals surface area contributed by atoms with Crippen LogP contribution in [0.3, 0.4) is 0 Å². The van der Waals surface area contributed by atoms with Gasteiger partial charge in [0.25, 0.3) is 0 Å². The third-order valence-electron chi connectivity index (χ3n) is 2.49. The van der Waals surface area contributed by atoms with Crippen molar-refractivity contribution in [2.75, 3.05) is 0 Å². The number of halogens is 2. The lowest BCUT2D eigenvalue weighted by Crippen LogP contribution is -2.17. The molecule has 0 saturated heterocycles. The van der Waals surface area contributed by atoms with Crippen LogP contribution in [0.15, 0.2) is 12.1 Å². The SMILES string of the molecule is O=[SH](=O)NC1CCc2cc(Cl)cc(F)c21. The van der Waals surface area contributed by atoms with E-state index < -0.39 is 22.7 Å². The Kier molecular flexibility index (Phi) is 2.95. The minimum atomic E-state index is -2.71. The average molecular weight is 250 g/mol. The molecule has 1 aliphatic rings. The van der Waals surface area contributed by atoms with E-state index in [9.17, 15) is 12.8 Å². The number of thiol groups is 1. The van der Waals surface area contributed by atoms with Gasteiger partial charge in [0, 0.05) is 16.6 Å². The molecule has 1 aliphatic carbocycles. The second-order valence-corrected chi connectivity index (χ2v) is 4.65. The number of fused-ring (bicyclic) bond motifs is 1. The first-order chi connectivity index (χ1) is 7.08. The van der Waals surface area contributed by atoms with Gasteiger partial charge in [0.1, 0.15) is 5.82 Å². The summed E-state index contributed by atoms with van der Waals surface area (Å²) in [5.74, 6) is -0.440. The number of benzene rings is 1. The van der Waals surface area contributed by atoms with E-state index in [1.807, 2.05) is 0 Å². The molecule has 0 bridgehead atoms. The van der Waals surface area contributed by atoms with Crippen LogP contribution in [0.1, 0.15) is 23.6 Å². The van der Waals surface area contributed by atoms with Crippen LogP contribution in [-0.4, -0.2) is 8.42 Å². The lowest BCUT2D eigenvalue weighted by Gasteiger charge is -2.10. The van der Waals surface area contributed by atoms with E-state index in [2.05, 4.69) is 4.72 Å². The number of hydrogen-bond acceptors (Lipinski definition) is 2. The van der Waals surface area contributed by atoms with E-state index in [0.717, 1.165) is 5.56 Å². The van der Waals surface area contributed by atoms with Gasteiger partial charge in [-0.05, 0) is 30.5 Å². The summed E-state index contributed by atoms with van der Waals surface area (Å²) in [5, 5.41) is 0.346. The first-order valence-corrected chi connectivity index (χ1v) is 6.02. The average Bonchev–Trinajstić information content (AvgIpc) is 2.46. The molecule has 0 amide bonds. The van der Waals surface area contributed by atoms with Crippen LogP contribution in [0.5, 0.6) is 0 Å². The Labute approximate surface area is 93.3 Å². The van der Waals surface area contributed by atoms with Gasteiger partial charge >= 0.3 is 0 Å². The molecular weight excluding hydrogens is 241 g/mol. The van der Waals surface area contributed by atoms with E-state index in [0.29, 0.717) is 23.4 Å². The molecule has 0 fully saturated rings. The highest BCUT2D eigenvalue weighted by Gasteiger charge is 2.26. The van der Waals surface area contributed by atoms with E-state index in [1.165, 1.54) is 6.07 Å². The van der Waals surface area contributed by atoms with Crippen molar-refractivity contribution in [3.05, 3.63) is 34.1 Å². The summed E-state index contributed by atoms with van der Waals surface area (Å²) < 4.78 is 36.9. The van der Waals surface area contributed by atoms with E-state index in [1.54, 1.807) is 6.07 Å². The van der Waals surface area contributed by atoms with Crippen LogP contribution in [0.2, 0.25) is 5.02 Å². The molecule has 15 heavy (non-hydrogen) atoms. The Bertz CT molecular complexity index is 467. The maximum atomic E-state index is 13.5. The molecule has 1 N–H and O–H groups in total. The molecular formula is C9H9ClFNO2S. The second kappa shape index (κ2) is 4.08. The highest BCUT2D eigenvalue weighted by atomic mass is 35.5. The van der Waals surface area contributed by atoms with Gasteiger partial charge in [-0.2, -0.15) is 0 Å². The Morgan fingerprint density at radius 3 is 2.87 bits per heavy atom. The molecule has 1 atom stereocenters. The zero-order valence-corrected chi connectivity index (χ0v) is 9.32. The molecule has 0 aliphatic heterocycles. The number of hydrogen-bond donors (Lipinski definition) is 2. The van der Waals surface area contributed by atoms with Gasteiger partial charge in [0.05, 0.1) is 0 Å². The lowest BCUT2D eigenvalue weighted by molar-refractivity contribution is 0.550. The number of rotatable bonds is 2. The van der Waals surface area contributed by atoms with Crippen LogP contribution in [0, 0.1) is 5.82 Å². The van der Waals surface area contributed by atoms with Crippen molar-refractivity contribution >= 4 is 22.5 Å². The molecule has 1 aromatic carbocycles. The van der Waals surface area contributed by atoms with Gasteiger partial charge in [0.15, 0.2) is 0 Å². The van der Waals surface area contributed by atoms with Crippen molar-refractivity contribution < 1.29 is 12.8 Å². The molecule has 1 unspecified atom stereocenters. The molecule has 3 nitrogen and oxygen atoms in total. The van der Waals surface area contributed by atoms with Gasteiger partial charge in [-0.15, -0.1) is 0 Å². The Morgan fingerprint density at radius 1 is 1.47 bits per heavy atom. The van der Waals surface area contributed by atoms with Crippen molar-refractivity contribution in [2.24, 2.45) is 0 Å². The number of aryl methyl sites for hydroxylation is 1. The predicted octanol–water partition coefficient (Wildman–Crippen LogP) is 1.58. The molecule has 82 valence electrons.